The molecule has 0 saturated carbocycles. The summed E-state index contributed by atoms with van der Waals surface area (Å²) in [4.78, 5) is 13.0. The van der Waals surface area contributed by atoms with Crippen molar-refractivity contribution in [1.82, 2.24) is 0 Å². The van der Waals surface area contributed by atoms with Gasteiger partial charge in [-0.05, 0) is 29.5 Å². The van der Waals surface area contributed by atoms with Crippen molar-refractivity contribution in [2.24, 2.45) is 5.73 Å². The van der Waals surface area contributed by atoms with Gasteiger partial charge >= 0.3 is 0 Å². The molecule has 0 bridgehead atoms. The highest BCUT2D eigenvalue weighted by Gasteiger charge is 2.13. The van der Waals surface area contributed by atoms with Crippen LogP contribution in [-0.2, 0) is 0 Å². The number of carbonyl (C=O) groups excluding carboxylic acids is 1. The zero-order chi connectivity index (χ0) is 13.1. The summed E-state index contributed by atoms with van der Waals surface area (Å²) in [5.74, 6) is -0.120. The topological polar surface area (TPSA) is 43.1 Å². The number of hydrogen-bond acceptors (Lipinski definition) is 4. The van der Waals surface area contributed by atoms with Crippen molar-refractivity contribution in [2.45, 2.75) is 6.92 Å². The highest BCUT2D eigenvalue weighted by molar-refractivity contribution is 7.85. The smallest absolute Gasteiger partial charge is 0.210 e. The first-order chi connectivity index (χ1) is 8.59. The van der Waals surface area contributed by atoms with Gasteiger partial charge in [0, 0.05) is 5.70 Å². The molecule has 0 atom stereocenters. The maximum Gasteiger partial charge on any atom is 0.210 e. The summed E-state index contributed by atoms with van der Waals surface area (Å²) in [5.41, 5.74) is 8.16. The van der Waals surface area contributed by atoms with Gasteiger partial charge in [-0.2, -0.15) is 0 Å². The largest absolute Gasteiger partial charge is 0.401 e. The van der Waals surface area contributed by atoms with E-state index < -0.39 is 0 Å². The fraction of sp³-hybridized carbons (Fsp3) is 0.0714. The van der Waals surface area contributed by atoms with E-state index in [0.29, 0.717) is 15.5 Å². The van der Waals surface area contributed by atoms with Crippen LogP contribution in [0.15, 0.2) is 52.4 Å². The lowest BCUT2D eigenvalue weighted by molar-refractivity contribution is 0.104. The van der Waals surface area contributed by atoms with Gasteiger partial charge in [0.25, 0.3) is 0 Å². The number of nitrogens with two attached hydrogens (primary N) is 1. The van der Waals surface area contributed by atoms with E-state index in [9.17, 15) is 4.79 Å². The second kappa shape index (κ2) is 5.42. The van der Waals surface area contributed by atoms with Gasteiger partial charge in [-0.15, -0.1) is 24.0 Å². The Morgan fingerprint density at radius 3 is 2.50 bits per heavy atom. The molecule has 0 spiro atoms. The Labute approximate surface area is 116 Å². The Kier molecular flexibility index (Phi) is 3.89. The van der Waals surface area contributed by atoms with Gasteiger partial charge in [0.15, 0.2) is 0 Å². The molecule has 0 unspecified atom stereocenters. The lowest BCUT2D eigenvalue weighted by Crippen LogP contribution is -2.03. The van der Waals surface area contributed by atoms with Crippen molar-refractivity contribution in [3.63, 3.8) is 0 Å². The number of ketones is 1. The molecule has 1 heterocycles. The van der Waals surface area contributed by atoms with Gasteiger partial charge in [-0.3, -0.25) is 4.79 Å². The number of rotatable bonds is 3. The Hall–Kier alpha value is -1.52. The molecule has 0 fully saturated rings. The summed E-state index contributed by atoms with van der Waals surface area (Å²) >= 11 is 5.55. The van der Waals surface area contributed by atoms with Gasteiger partial charge in [0.2, 0.25) is 5.78 Å². The van der Waals surface area contributed by atoms with Gasteiger partial charge in [-0.1, -0.05) is 30.3 Å². The van der Waals surface area contributed by atoms with Crippen molar-refractivity contribution in [3.8, 4) is 11.1 Å². The van der Waals surface area contributed by atoms with Crippen LogP contribution in [0.4, 0.5) is 0 Å². The van der Waals surface area contributed by atoms with E-state index in [0.717, 1.165) is 11.1 Å². The molecule has 18 heavy (non-hydrogen) atoms. The lowest BCUT2D eigenvalue weighted by Gasteiger charge is -1.99. The van der Waals surface area contributed by atoms with Crippen LogP contribution >= 0.6 is 24.0 Å². The molecule has 2 rings (SSSR count). The summed E-state index contributed by atoms with van der Waals surface area (Å²) in [6.45, 7) is 1.67. The SMILES string of the molecule is C/C(N)=C(\S)C(=O)c1cc(-c2ccccc2)cs1. The number of thiophene rings is 1. The monoisotopic (exact) mass is 275 g/mol. The third-order valence-corrected chi connectivity index (χ3v) is 4.00. The van der Waals surface area contributed by atoms with Crippen molar-refractivity contribution < 1.29 is 4.79 Å². The summed E-state index contributed by atoms with van der Waals surface area (Å²) in [6.07, 6.45) is 0. The van der Waals surface area contributed by atoms with Gasteiger partial charge in [-0.25, -0.2) is 0 Å². The van der Waals surface area contributed by atoms with Crippen LogP contribution in [0.3, 0.4) is 0 Å². The Morgan fingerprint density at radius 2 is 1.89 bits per heavy atom. The van der Waals surface area contributed by atoms with Crippen molar-refractivity contribution in [3.05, 3.63) is 57.3 Å². The molecule has 0 aliphatic heterocycles. The fourth-order valence-electron chi connectivity index (χ4n) is 1.53. The average molecular weight is 275 g/mol. The minimum atomic E-state index is -0.120. The van der Waals surface area contributed by atoms with Crippen LogP contribution in [0.25, 0.3) is 11.1 Å². The predicted octanol–water partition coefficient (Wildman–Crippen LogP) is 3.72. The van der Waals surface area contributed by atoms with Crippen molar-refractivity contribution in [1.29, 1.82) is 0 Å². The van der Waals surface area contributed by atoms with Crippen LogP contribution < -0.4 is 5.73 Å². The zero-order valence-corrected chi connectivity index (χ0v) is 11.6. The van der Waals surface area contributed by atoms with Crippen LogP contribution in [0.1, 0.15) is 16.6 Å². The number of hydrogen-bond donors (Lipinski definition) is 2. The molecule has 0 aliphatic rings. The molecule has 2 aromatic rings. The summed E-state index contributed by atoms with van der Waals surface area (Å²) in [5, 5.41) is 1.97. The van der Waals surface area contributed by atoms with E-state index in [2.05, 4.69) is 12.6 Å². The quantitative estimate of drug-likeness (QED) is 0.509. The molecule has 2 nitrogen and oxygen atoms in total. The molecule has 0 radical (unpaired) electrons. The van der Waals surface area contributed by atoms with Crippen LogP contribution in [0.5, 0.6) is 0 Å². The van der Waals surface area contributed by atoms with Gasteiger partial charge < -0.3 is 5.73 Å². The third-order valence-electron chi connectivity index (χ3n) is 2.52. The molecule has 4 heteroatoms. The van der Waals surface area contributed by atoms with E-state index >= 15 is 0 Å². The second-order valence-electron chi connectivity index (χ2n) is 3.93. The second-order valence-corrected chi connectivity index (χ2v) is 5.28. The predicted molar refractivity (Wildman–Crippen MR) is 80.0 cm³/mol. The Bertz CT molecular complexity index is 595. The number of allylic oxidation sites excluding steroid dienone is 2. The average Bonchev–Trinajstić information content (AvgIpc) is 2.87. The normalized spacial score (nSPS) is 12.1. The van der Waals surface area contributed by atoms with E-state index in [-0.39, 0.29) is 5.78 Å². The molecule has 92 valence electrons. The van der Waals surface area contributed by atoms with E-state index in [1.54, 1.807) is 6.92 Å². The highest BCUT2D eigenvalue weighted by Crippen LogP contribution is 2.27. The molecule has 0 aliphatic carbocycles. The van der Waals surface area contributed by atoms with E-state index in [1.807, 2.05) is 41.8 Å². The van der Waals surface area contributed by atoms with E-state index in [4.69, 9.17) is 5.73 Å². The Balaban J connectivity index is 2.33. The van der Waals surface area contributed by atoms with E-state index in [1.165, 1.54) is 11.3 Å². The van der Waals surface area contributed by atoms with Crippen molar-refractivity contribution in [2.75, 3.05) is 0 Å². The van der Waals surface area contributed by atoms with Crippen LogP contribution in [-0.4, -0.2) is 5.78 Å². The maximum absolute atomic E-state index is 12.0. The highest BCUT2D eigenvalue weighted by atomic mass is 32.1. The first kappa shape index (κ1) is 12.9. The molecule has 1 aromatic heterocycles. The first-order valence-electron chi connectivity index (χ1n) is 5.43. The minimum absolute atomic E-state index is 0.120. The molecule has 1 aromatic carbocycles. The number of carbonyl (C=O) groups is 1. The maximum atomic E-state index is 12.0. The van der Waals surface area contributed by atoms with Gasteiger partial charge in [0.05, 0.1) is 9.78 Å². The summed E-state index contributed by atoms with van der Waals surface area (Å²) in [7, 11) is 0. The number of benzene rings is 1. The molecule has 0 amide bonds. The summed E-state index contributed by atoms with van der Waals surface area (Å²) < 4.78 is 0. The Morgan fingerprint density at radius 1 is 1.22 bits per heavy atom. The molecule has 2 N–H and O–H groups in total. The first-order valence-corrected chi connectivity index (χ1v) is 6.76. The summed E-state index contributed by atoms with van der Waals surface area (Å²) in [6, 6.07) is 11.8. The van der Waals surface area contributed by atoms with Crippen molar-refractivity contribution >= 4 is 29.7 Å². The molecular weight excluding hydrogens is 262 g/mol. The number of Topliss-reactive ketones (excluding diaryl/α,β-unsaturated/α-hetero) is 1. The van der Waals surface area contributed by atoms with Crippen LogP contribution in [0.2, 0.25) is 0 Å². The number of thiol groups is 1. The third kappa shape index (κ3) is 2.66. The standard InChI is InChI=1S/C14H13NOS2/c1-9(15)14(17)13(16)12-7-11(8-18-12)10-5-3-2-4-6-10/h2-8,17H,15H2,1H3/b14-9+. The zero-order valence-electron chi connectivity index (χ0n) is 9.88. The minimum Gasteiger partial charge on any atom is -0.401 e. The fourth-order valence-corrected chi connectivity index (χ4v) is 2.59. The van der Waals surface area contributed by atoms with Crippen LogP contribution in [0, 0.1) is 0 Å². The molecular formula is C14H13NOS2. The van der Waals surface area contributed by atoms with Gasteiger partial charge in [0.1, 0.15) is 0 Å². The lowest BCUT2D eigenvalue weighted by atomic mass is 10.1. The molecule has 0 saturated heterocycles.